The van der Waals surface area contributed by atoms with E-state index in [9.17, 15) is 19.2 Å². The van der Waals surface area contributed by atoms with Gasteiger partial charge in [0.1, 0.15) is 0 Å². The highest BCUT2D eigenvalue weighted by atomic mass is 16.5. The summed E-state index contributed by atoms with van der Waals surface area (Å²) < 4.78 is 9.79. The fraction of sp³-hybridized carbons (Fsp3) is 0.526. The van der Waals surface area contributed by atoms with Crippen molar-refractivity contribution in [1.82, 2.24) is 20.4 Å². The number of aliphatic carboxylic acids is 3. The summed E-state index contributed by atoms with van der Waals surface area (Å²) in [6.45, 7) is 14.3. The quantitative estimate of drug-likeness (QED) is 0.131. The summed E-state index contributed by atoms with van der Waals surface area (Å²) in [4.78, 5) is 64.6. The van der Waals surface area contributed by atoms with Gasteiger partial charge in [0.2, 0.25) is 5.78 Å². The number of carbonyl (C=O) groups is 6. The normalized spacial score (nSPS) is 13.3. The molecule has 0 atom stereocenters. The molecule has 2 fully saturated rings. The van der Waals surface area contributed by atoms with Crippen LogP contribution in [0.4, 0.5) is 0 Å². The fourth-order valence-electron chi connectivity index (χ4n) is 5.13. The predicted molar refractivity (Wildman–Crippen MR) is 199 cm³/mol. The van der Waals surface area contributed by atoms with Crippen molar-refractivity contribution in [3.8, 4) is 0 Å². The molecule has 5 N–H and O–H groups in total. The van der Waals surface area contributed by atoms with Crippen molar-refractivity contribution in [2.75, 3.05) is 52.5 Å². The first-order valence-corrected chi connectivity index (χ1v) is 17.4. The second kappa shape index (κ2) is 28.8. The van der Waals surface area contributed by atoms with Gasteiger partial charge in [-0.3, -0.25) is 24.2 Å². The van der Waals surface area contributed by atoms with E-state index >= 15 is 0 Å². The summed E-state index contributed by atoms with van der Waals surface area (Å²) in [5.74, 6) is -6.24. The molecule has 2 aliphatic heterocycles. The number of rotatable bonds is 15. The lowest BCUT2D eigenvalue weighted by atomic mass is 10.1. The van der Waals surface area contributed by atoms with Crippen molar-refractivity contribution >= 4 is 35.6 Å². The van der Waals surface area contributed by atoms with Crippen LogP contribution >= 0.6 is 0 Å². The lowest BCUT2D eigenvalue weighted by molar-refractivity contribution is -0.159. The van der Waals surface area contributed by atoms with Crippen molar-refractivity contribution in [1.29, 1.82) is 0 Å². The lowest BCUT2D eigenvalue weighted by Crippen LogP contribution is -2.25. The molecule has 0 bridgehead atoms. The van der Waals surface area contributed by atoms with Gasteiger partial charge in [-0.05, 0) is 88.0 Å². The maximum absolute atomic E-state index is 11.3. The Labute approximate surface area is 312 Å². The van der Waals surface area contributed by atoms with Gasteiger partial charge in [-0.2, -0.15) is 0 Å². The highest BCUT2D eigenvalue weighted by Crippen LogP contribution is 2.16. The van der Waals surface area contributed by atoms with Crippen LogP contribution in [-0.4, -0.2) is 113 Å². The Kier molecular flexibility index (Phi) is 26.3. The molecular weight excluding hydrogens is 688 g/mol. The molecule has 2 saturated heterocycles. The zero-order valence-electron chi connectivity index (χ0n) is 30.4. The maximum atomic E-state index is 11.3. The number of hydrogen-bond acceptors (Lipinski definition) is 12. The number of nitrogens with one attached hydrogen (secondary N) is 2. The smallest absolute Gasteiger partial charge is 0.414 e. The Morgan fingerprint density at radius 1 is 0.623 bits per heavy atom. The van der Waals surface area contributed by atoms with Crippen LogP contribution in [0.15, 0.2) is 48.5 Å². The van der Waals surface area contributed by atoms with Gasteiger partial charge in [0.15, 0.2) is 0 Å². The first-order chi connectivity index (χ1) is 24.9. The average Bonchev–Trinajstić information content (AvgIpc) is 3.82. The minimum Gasteiger partial charge on any atom is -0.476 e. The van der Waals surface area contributed by atoms with Crippen LogP contribution in [0.2, 0.25) is 0 Å². The van der Waals surface area contributed by atoms with Crippen LogP contribution in [0.1, 0.15) is 76.1 Å². The van der Waals surface area contributed by atoms with Crippen LogP contribution < -0.4 is 10.6 Å². The highest BCUT2D eigenvalue weighted by Gasteiger charge is 2.14. The largest absolute Gasteiger partial charge is 0.476 e. The molecule has 15 heteroatoms. The topological polar surface area (TPSA) is 212 Å². The van der Waals surface area contributed by atoms with E-state index in [2.05, 4.69) is 69.0 Å². The van der Waals surface area contributed by atoms with E-state index in [1.807, 2.05) is 13.8 Å². The number of likely N-dealkylation sites (tertiary alicyclic amines) is 2. The minimum absolute atomic E-state index is 0. The maximum Gasteiger partial charge on any atom is 0.414 e. The van der Waals surface area contributed by atoms with Crippen molar-refractivity contribution in [2.24, 2.45) is 0 Å². The van der Waals surface area contributed by atoms with Crippen LogP contribution in [-0.2, 0) is 64.4 Å². The Morgan fingerprint density at radius 3 is 1.51 bits per heavy atom. The Morgan fingerprint density at radius 2 is 1.06 bits per heavy atom. The molecule has 0 radical (unpaired) electrons. The third-order valence-electron chi connectivity index (χ3n) is 7.59. The van der Waals surface area contributed by atoms with Gasteiger partial charge < -0.3 is 35.4 Å². The van der Waals surface area contributed by atoms with Gasteiger partial charge >= 0.3 is 29.8 Å². The Bertz CT molecular complexity index is 1360. The zero-order chi connectivity index (χ0) is 38.7. The molecule has 0 spiro atoms. The number of esters is 2. The molecule has 53 heavy (non-hydrogen) atoms. The molecule has 0 amide bonds. The van der Waals surface area contributed by atoms with Crippen LogP contribution in [0, 0.1) is 0 Å². The SMILES string of the molecule is C.CC(=O)C(=O)O.CCOC(=O)CNCc1cccc(CN2CCCC2)c1.CCOC(=O)CNCc1ccccc1CN1CCCC1.O=C(O)C(=O)O. The number of carboxylic acids is 3. The van der Waals surface area contributed by atoms with Crippen molar-refractivity contribution < 1.29 is 53.6 Å². The van der Waals surface area contributed by atoms with Crippen molar-refractivity contribution in [3.05, 3.63) is 70.8 Å². The standard InChI is InChI=1S/2C16H24N2O2.C3H4O3.C2H2O4.CH4/c1-2-20-16(19)12-17-11-14-6-5-7-15(10-14)13-18-8-3-4-9-18;1-2-20-16(19)12-17-11-14-7-3-4-8-15(14)13-18-9-5-6-10-18;1-2(4)3(5)6;3-1(4)2(5)6;/h5-7,10,17H,2-4,8-9,11-13H2,1H3;3-4,7-8,17H,2,5-6,9-13H2,1H3;1H3,(H,5,6);(H,3,4)(H,5,6);1H4. The first-order valence-electron chi connectivity index (χ1n) is 17.4. The number of hydrogen-bond donors (Lipinski definition) is 5. The average molecular weight is 747 g/mol. The van der Waals surface area contributed by atoms with Crippen LogP contribution in [0.25, 0.3) is 0 Å². The van der Waals surface area contributed by atoms with E-state index in [4.69, 9.17) is 34.4 Å². The van der Waals surface area contributed by atoms with Crippen LogP contribution in [0.3, 0.4) is 0 Å². The third-order valence-corrected chi connectivity index (χ3v) is 7.59. The molecule has 4 rings (SSSR count). The Balaban J connectivity index is 0.000000772. The molecule has 2 heterocycles. The Hall–Kier alpha value is -4.70. The number of ketones is 1. The van der Waals surface area contributed by atoms with E-state index in [0.29, 0.717) is 26.3 Å². The molecule has 2 aromatic carbocycles. The summed E-state index contributed by atoms with van der Waals surface area (Å²) >= 11 is 0. The second-order valence-corrected chi connectivity index (χ2v) is 11.8. The first kappa shape index (κ1) is 48.3. The number of Topliss-reactive ketones (excluding diaryl/α,β-unsaturated/α-hetero) is 1. The number of ether oxygens (including phenoxy) is 2. The van der Waals surface area contributed by atoms with Gasteiger partial charge in [0, 0.05) is 33.1 Å². The lowest BCUT2D eigenvalue weighted by Gasteiger charge is -2.17. The predicted octanol–water partition coefficient (Wildman–Crippen LogP) is 3.32. The van der Waals surface area contributed by atoms with Crippen molar-refractivity contribution in [2.45, 2.75) is 80.1 Å². The number of benzene rings is 2. The van der Waals surface area contributed by atoms with E-state index in [1.54, 1.807) is 0 Å². The molecule has 0 aliphatic carbocycles. The van der Waals surface area contributed by atoms with E-state index in [-0.39, 0.29) is 32.5 Å². The highest BCUT2D eigenvalue weighted by molar-refractivity contribution is 6.31. The van der Waals surface area contributed by atoms with E-state index < -0.39 is 23.7 Å². The van der Waals surface area contributed by atoms with E-state index in [1.165, 1.54) is 74.1 Å². The van der Waals surface area contributed by atoms with Crippen molar-refractivity contribution in [3.63, 3.8) is 0 Å². The van der Waals surface area contributed by atoms with Gasteiger partial charge in [-0.25, -0.2) is 14.4 Å². The zero-order valence-corrected chi connectivity index (χ0v) is 30.4. The van der Waals surface area contributed by atoms with Gasteiger partial charge in [-0.15, -0.1) is 0 Å². The molecule has 2 aromatic rings. The summed E-state index contributed by atoms with van der Waals surface area (Å²) in [5, 5.41) is 28.7. The summed E-state index contributed by atoms with van der Waals surface area (Å²) in [6.07, 6.45) is 5.26. The molecule has 296 valence electrons. The molecule has 0 aromatic heterocycles. The summed E-state index contributed by atoms with van der Waals surface area (Å²) in [5.41, 5.74) is 5.18. The van der Waals surface area contributed by atoms with Gasteiger partial charge in [0.25, 0.3) is 0 Å². The number of carbonyl (C=O) groups excluding carboxylic acids is 3. The summed E-state index contributed by atoms with van der Waals surface area (Å²) in [7, 11) is 0. The van der Waals surface area contributed by atoms with E-state index in [0.717, 1.165) is 20.0 Å². The molecule has 15 nitrogen and oxygen atoms in total. The second-order valence-electron chi connectivity index (χ2n) is 11.8. The summed E-state index contributed by atoms with van der Waals surface area (Å²) in [6, 6.07) is 17.0. The molecule has 0 unspecified atom stereocenters. The third kappa shape index (κ3) is 23.5. The van der Waals surface area contributed by atoms with Gasteiger partial charge in [0.05, 0.1) is 26.3 Å². The fourth-order valence-corrected chi connectivity index (χ4v) is 5.13. The number of nitrogens with zero attached hydrogens (tertiary/aromatic N) is 2. The molecule has 2 aliphatic rings. The monoisotopic (exact) mass is 746 g/mol. The number of carboxylic acid groups (broad SMARTS) is 3. The molecular formula is C38H58N4O11. The van der Waals surface area contributed by atoms with Gasteiger partial charge in [-0.1, -0.05) is 56.0 Å². The minimum atomic E-state index is -1.82. The van der Waals surface area contributed by atoms with Crippen LogP contribution in [0.5, 0.6) is 0 Å². The molecule has 0 saturated carbocycles.